The first-order chi connectivity index (χ1) is 10.1. The molecule has 0 aliphatic rings. The Bertz CT molecular complexity index is 617. The van der Waals surface area contributed by atoms with Crippen molar-refractivity contribution in [3.05, 3.63) is 53.9 Å². The standard InChI is InChI=1S/C17H21N3O/c1-4-18-15-9-6-10-20(11-15)12-16(21)19-17-13(2)7-5-8-14(17)3/h5-11,18H,4,12H2,1-3H3/p+1. The first-order valence-corrected chi connectivity index (χ1v) is 7.19. The molecule has 0 saturated heterocycles. The highest BCUT2D eigenvalue weighted by Crippen LogP contribution is 2.19. The van der Waals surface area contributed by atoms with Gasteiger partial charge in [0.05, 0.1) is 5.69 Å². The van der Waals surface area contributed by atoms with Crippen molar-refractivity contribution < 1.29 is 9.36 Å². The predicted molar refractivity (Wildman–Crippen MR) is 85.3 cm³/mol. The van der Waals surface area contributed by atoms with Gasteiger partial charge in [0.1, 0.15) is 0 Å². The summed E-state index contributed by atoms with van der Waals surface area (Å²) in [5.41, 5.74) is 4.08. The smallest absolute Gasteiger partial charge is 0.290 e. The molecule has 110 valence electrons. The quantitative estimate of drug-likeness (QED) is 0.829. The lowest BCUT2D eigenvalue weighted by atomic mass is 10.1. The third-order valence-corrected chi connectivity index (χ3v) is 3.31. The Kier molecular flexibility index (Phi) is 4.93. The van der Waals surface area contributed by atoms with Crippen molar-refractivity contribution in [3.8, 4) is 0 Å². The summed E-state index contributed by atoms with van der Waals surface area (Å²) in [4.78, 5) is 12.2. The highest BCUT2D eigenvalue weighted by Gasteiger charge is 2.12. The SMILES string of the molecule is CCNc1ccc[n+](CC(=O)Nc2c(C)cccc2C)c1. The first kappa shape index (κ1) is 15.0. The number of nitrogens with one attached hydrogen (secondary N) is 2. The van der Waals surface area contributed by atoms with Crippen LogP contribution in [-0.2, 0) is 11.3 Å². The van der Waals surface area contributed by atoms with Crippen molar-refractivity contribution in [1.29, 1.82) is 0 Å². The number of amides is 1. The fourth-order valence-electron chi connectivity index (χ4n) is 2.29. The van der Waals surface area contributed by atoms with Crippen molar-refractivity contribution in [2.45, 2.75) is 27.3 Å². The van der Waals surface area contributed by atoms with E-state index in [-0.39, 0.29) is 5.91 Å². The molecule has 1 heterocycles. The molecule has 1 aromatic carbocycles. The summed E-state index contributed by atoms with van der Waals surface area (Å²) >= 11 is 0. The lowest BCUT2D eigenvalue weighted by Gasteiger charge is -2.10. The van der Waals surface area contributed by atoms with Crippen LogP contribution in [0.25, 0.3) is 0 Å². The number of nitrogens with zero attached hydrogens (tertiary/aromatic N) is 1. The molecule has 0 bridgehead atoms. The van der Waals surface area contributed by atoms with Gasteiger partial charge in [-0.25, -0.2) is 0 Å². The number of carbonyl (C=O) groups excluding carboxylic acids is 1. The molecule has 0 unspecified atom stereocenters. The number of hydrogen-bond donors (Lipinski definition) is 2. The Balaban J connectivity index is 2.06. The van der Waals surface area contributed by atoms with Gasteiger partial charge in [-0.05, 0) is 38.0 Å². The Morgan fingerprint density at radius 3 is 2.52 bits per heavy atom. The molecule has 0 aliphatic carbocycles. The predicted octanol–water partition coefficient (Wildman–Crippen LogP) is 2.66. The fraction of sp³-hybridized carbons (Fsp3) is 0.294. The molecular formula is C17H22N3O+. The Morgan fingerprint density at radius 2 is 1.86 bits per heavy atom. The van der Waals surface area contributed by atoms with E-state index in [9.17, 15) is 4.79 Å². The Hall–Kier alpha value is -2.36. The van der Waals surface area contributed by atoms with Crippen LogP contribution in [0.1, 0.15) is 18.1 Å². The number of aryl methyl sites for hydroxylation is 2. The minimum Gasteiger partial charge on any atom is -0.381 e. The van der Waals surface area contributed by atoms with E-state index >= 15 is 0 Å². The molecule has 0 atom stereocenters. The number of para-hydroxylation sites is 1. The summed E-state index contributed by atoms with van der Waals surface area (Å²) in [6.45, 7) is 7.21. The average molecular weight is 284 g/mol. The molecule has 2 N–H and O–H groups in total. The van der Waals surface area contributed by atoms with Gasteiger partial charge in [-0.1, -0.05) is 18.2 Å². The van der Waals surface area contributed by atoms with Crippen molar-refractivity contribution in [1.82, 2.24) is 0 Å². The second kappa shape index (κ2) is 6.88. The second-order valence-electron chi connectivity index (χ2n) is 5.11. The molecule has 0 spiro atoms. The van der Waals surface area contributed by atoms with Crippen molar-refractivity contribution in [2.24, 2.45) is 0 Å². The lowest BCUT2D eigenvalue weighted by molar-refractivity contribution is -0.683. The van der Waals surface area contributed by atoms with Crippen molar-refractivity contribution in [3.63, 3.8) is 0 Å². The molecule has 0 fully saturated rings. The number of carbonyl (C=O) groups is 1. The maximum Gasteiger partial charge on any atom is 0.290 e. The van der Waals surface area contributed by atoms with E-state index in [4.69, 9.17) is 0 Å². The molecule has 2 aromatic rings. The Morgan fingerprint density at radius 1 is 1.14 bits per heavy atom. The molecule has 4 heteroatoms. The zero-order valence-corrected chi connectivity index (χ0v) is 12.8. The van der Waals surface area contributed by atoms with Crippen LogP contribution in [0.15, 0.2) is 42.7 Å². The van der Waals surface area contributed by atoms with Gasteiger partial charge in [-0.15, -0.1) is 0 Å². The lowest BCUT2D eigenvalue weighted by Crippen LogP contribution is -2.40. The highest BCUT2D eigenvalue weighted by molar-refractivity contribution is 5.91. The number of rotatable bonds is 5. The maximum atomic E-state index is 12.2. The fourth-order valence-corrected chi connectivity index (χ4v) is 2.29. The third kappa shape index (κ3) is 4.05. The number of pyridine rings is 1. The zero-order chi connectivity index (χ0) is 15.2. The summed E-state index contributed by atoms with van der Waals surface area (Å²) in [5, 5.41) is 6.23. The monoisotopic (exact) mass is 284 g/mol. The number of anilines is 2. The van der Waals surface area contributed by atoms with E-state index in [0.717, 1.165) is 29.0 Å². The van der Waals surface area contributed by atoms with Crippen molar-refractivity contribution >= 4 is 17.3 Å². The minimum atomic E-state index is -0.0222. The van der Waals surface area contributed by atoms with E-state index in [1.807, 2.05) is 68.1 Å². The van der Waals surface area contributed by atoms with Crippen LogP contribution in [0.5, 0.6) is 0 Å². The van der Waals surface area contributed by atoms with Crippen LogP contribution in [0, 0.1) is 13.8 Å². The summed E-state index contributed by atoms with van der Waals surface area (Å²) in [6, 6.07) is 9.92. The van der Waals surface area contributed by atoms with Crippen LogP contribution >= 0.6 is 0 Å². The van der Waals surface area contributed by atoms with Crippen LogP contribution in [0.3, 0.4) is 0 Å². The van der Waals surface area contributed by atoms with Gasteiger partial charge in [0.25, 0.3) is 5.91 Å². The normalized spacial score (nSPS) is 10.2. The third-order valence-electron chi connectivity index (χ3n) is 3.31. The van der Waals surface area contributed by atoms with Crippen LogP contribution in [0.2, 0.25) is 0 Å². The molecule has 4 nitrogen and oxygen atoms in total. The van der Waals surface area contributed by atoms with E-state index in [0.29, 0.717) is 6.54 Å². The first-order valence-electron chi connectivity index (χ1n) is 7.19. The zero-order valence-electron chi connectivity index (χ0n) is 12.8. The van der Waals surface area contributed by atoms with Crippen LogP contribution < -0.4 is 15.2 Å². The van der Waals surface area contributed by atoms with E-state index in [1.54, 1.807) is 0 Å². The molecule has 2 rings (SSSR count). The summed E-state index contributed by atoms with van der Waals surface area (Å²) in [5.74, 6) is -0.0222. The molecule has 1 amide bonds. The largest absolute Gasteiger partial charge is 0.381 e. The van der Waals surface area contributed by atoms with E-state index in [1.165, 1.54) is 0 Å². The van der Waals surface area contributed by atoms with Crippen LogP contribution in [0.4, 0.5) is 11.4 Å². The molecule has 0 saturated carbocycles. The Labute approximate surface area is 125 Å². The summed E-state index contributed by atoms with van der Waals surface area (Å²) in [6.07, 6.45) is 3.83. The minimum absolute atomic E-state index is 0.0222. The molecule has 21 heavy (non-hydrogen) atoms. The molecule has 0 radical (unpaired) electrons. The van der Waals surface area contributed by atoms with E-state index < -0.39 is 0 Å². The second-order valence-corrected chi connectivity index (χ2v) is 5.11. The van der Waals surface area contributed by atoms with Gasteiger partial charge >= 0.3 is 0 Å². The maximum absolute atomic E-state index is 12.2. The number of hydrogen-bond acceptors (Lipinski definition) is 2. The summed E-state index contributed by atoms with van der Waals surface area (Å²) < 4.78 is 1.88. The van der Waals surface area contributed by atoms with Gasteiger partial charge in [0.15, 0.2) is 12.4 Å². The number of benzene rings is 1. The highest BCUT2D eigenvalue weighted by atomic mass is 16.1. The van der Waals surface area contributed by atoms with Gasteiger partial charge in [0.2, 0.25) is 6.54 Å². The van der Waals surface area contributed by atoms with Crippen molar-refractivity contribution in [2.75, 3.05) is 17.2 Å². The average Bonchev–Trinajstić information content (AvgIpc) is 2.44. The van der Waals surface area contributed by atoms with Gasteiger partial charge in [-0.3, -0.25) is 4.79 Å². The van der Waals surface area contributed by atoms with E-state index in [2.05, 4.69) is 10.6 Å². The van der Waals surface area contributed by atoms with Gasteiger partial charge < -0.3 is 10.6 Å². The topological polar surface area (TPSA) is 45.0 Å². The van der Waals surface area contributed by atoms with Gasteiger partial charge in [-0.2, -0.15) is 4.57 Å². The molecule has 1 aromatic heterocycles. The number of aromatic nitrogens is 1. The van der Waals surface area contributed by atoms with Crippen LogP contribution in [-0.4, -0.2) is 12.5 Å². The molecular weight excluding hydrogens is 262 g/mol. The van der Waals surface area contributed by atoms with Gasteiger partial charge in [0, 0.05) is 18.3 Å². The molecule has 0 aliphatic heterocycles. The summed E-state index contributed by atoms with van der Waals surface area (Å²) in [7, 11) is 0.